The van der Waals surface area contributed by atoms with Crippen LogP contribution in [0.5, 0.6) is 0 Å². The molecule has 1 saturated heterocycles. The van der Waals surface area contributed by atoms with Gasteiger partial charge in [-0.2, -0.15) is 0 Å². The van der Waals surface area contributed by atoms with Gasteiger partial charge >= 0.3 is 6.09 Å². The van der Waals surface area contributed by atoms with E-state index in [4.69, 9.17) is 9.47 Å². The van der Waals surface area contributed by atoms with E-state index in [0.717, 1.165) is 6.42 Å². The second kappa shape index (κ2) is 7.78. The molecule has 0 saturated carbocycles. The maximum Gasteiger partial charge on any atom is 0.408 e. The smallest absolute Gasteiger partial charge is 0.408 e. The summed E-state index contributed by atoms with van der Waals surface area (Å²) in [4.78, 5) is 24.3. The van der Waals surface area contributed by atoms with Gasteiger partial charge in [0.15, 0.2) is 6.29 Å². The van der Waals surface area contributed by atoms with Crippen LogP contribution in [-0.2, 0) is 14.3 Å². The van der Waals surface area contributed by atoms with Gasteiger partial charge in [0.25, 0.3) is 0 Å². The van der Waals surface area contributed by atoms with Crippen LogP contribution in [0.3, 0.4) is 0 Å². The Morgan fingerprint density at radius 3 is 2.50 bits per heavy atom. The molecule has 2 amide bonds. The molecule has 0 radical (unpaired) electrons. The zero-order valence-corrected chi connectivity index (χ0v) is 14.0. The van der Waals surface area contributed by atoms with E-state index in [1.54, 1.807) is 20.8 Å². The summed E-state index contributed by atoms with van der Waals surface area (Å²) in [6.45, 7) is 9.50. The highest BCUT2D eigenvalue weighted by Gasteiger charge is 2.33. The monoisotopic (exact) mass is 316 g/mol. The van der Waals surface area contributed by atoms with Gasteiger partial charge in [-0.05, 0) is 33.1 Å². The van der Waals surface area contributed by atoms with Crippen molar-refractivity contribution in [3.8, 4) is 0 Å². The van der Waals surface area contributed by atoms with Crippen LogP contribution in [0.1, 0.15) is 47.5 Å². The van der Waals surface area contributed by atoms with Crippen molar-refractivity contribution < 1.29 is 24.2 Å². The summed E-state index contributed by atoms with van der Waals surface area (Å²) in [5.41, 5.74) is -0.629. The molecule has 7 heteroatoms. The van der Waals surface area contributed by atoms with E-state index in [1.807, 2.05) is 13.8 Å². The van der Waals surface area contributed by atoms with Crippen molar-refractivity contribution in [3.63, 3.8) is 0 Å². The molecule has 7 nitrogen and oxygen atoms in total. The number of hydrogen-bond donors (Lipinski definition) is 3. The molecule has 0 aromatic carbocycles. The number of carbonyl (C=O) groups is 2. The van der Waals surface area contributed by atoms with Crippen molar-refractivity contribution in [3.05, 3.63) is 0 Å². The maximum absolute atomic E-state index is 12.4. The normalized spacial score (nSPS) is 24.5. The molecule has 0 aliphatic carbocycles. The maximum atomic E-state index is 12.4. The predicted molar refractivity (Wildman–Crippen MR) is 81.1 cm³/mol. The lowest BCUT2D eigenvalue weighted by Gasteiger charge is -2.27. The van der Waals surface area contributed by atoms with E-state index in [9.17, 15) is 14.7 Å². The third-order valence-corrected chi connectivity index (χ3v) is 3.56. The average molecular weight is 316 g/mol. The van der Waals surface area contributed by atoms with Crippen LogP contribution in [0.15, 0.2) is 0 Å². The molecule has 1 rings (SSSR count). The molecular weight excluding hydrogens is 288 g/mol. The van der Waals surface area contributed by atoms with Crippen molar-refractivity contribution in [1.29, 1.82) is 0 Å². The SMILES string of the molecule is CC[C@H](C)[C@H](NC(=O)OC(C)(C)C)C(=O)N[C@H]1CCOC1O. The molecule has 0 spiro atoms. The molecule has 128 valence electrons. The molecule has 3 N–H and O–H groups in total. The fraction of sp³-hybridized carbons (Fsp3) is 0.867. The standard InChI is InChI=1S/C15H28N2O5/c1-6-9(2)11(17-14(20)22-15(3,4)5)12(18)16-10-7-8-21-13(10)19/h9-11,13,19H,6-8H2,1-5H3,(H,16,18)(H,17,20)/t9-,10-,11-,13?/m0/s1. The molecule has 1 unspecified atom stereocenters. The van der Waals surface area contributed by atoms with Gasteiger partial charge in [0, 0.05) is 0 Å². The second-order valence-corrected chi connectivity index (χ2v) is 6.67. The van der Waals surface area contributed by atoms with Crippen LogP contribution in [0.2, 0.25) is 0 Å². The minimum absolute atomic E-state index is 0.0630. The molecule has 0 aromatic heterocycles. The number of carbonyl (C=O) groups excluding carboxylic acids is 2. The van der Waals surface area contributed by atoms with E-state index in [0.29, 0.717) is 13.0 Å². The van der Waals surface area contributed by atoms with Crippen LogP contribution in [0, 0.1) is 5.92 Å². The molecule has 22 heavy (non-hydrogen) atoms. The first-order chi connectivity index (χ1) is 10.1. The van der Waals surface area contributed by atoms with E-state index in [2.05, 4.69) is 10.6 Å². The average Bonchev–Trinajstić information content (AvgIpc) is 2.78. The Balaban J connectivity index is 2.67. The highest BCUT2D eigenvalue weighted by Crippen LogP contribution is 2.14. The number of ether oxygens (including phenoxy) is 2. The second-order valence-electron chi connectivity index (χ2n) is 6.67. The summed E-state index contributed by atoms with van der Waals surface area (Å²) in [5, 5.41) is 14.9. The number of amides is 2. The number of hydrogen-bond acceptors (Lipinski definition) is 5. The Morgan fingerprint density at radius 2 is 2.05 bits per heavy atom. The molecule has 0 bridgehead atoms. The van der Waals surface area contributed by atoms with Crippen molar-refractivity contribution in [2.24, 2.45) is 5.92 Å². The van der Waals surface area contributed by atoms with Crippen LogP contribution < -0.4 is 10.6 Å². The Kier molecular flexibility index (Phi) is 6.62. The van der Waals surface area contributed by atoms with Gasteiger partial charge in [0.2, 0.25) is 5.91 Å². The van der Waals surface area contributed by atoms with Gasteiger partial charge in [-0.1, -0.05) is 20.3 Å². The number of rotatable bonds is 5. The zero-order chi connectivity index (χ0) is 16.9. The molecular formula is C15H28N2O5. The molecule has 0 aromatic rings. The summed E-state index contributed by atoms with van der Waals surface area (Å²) < 4.78 is 10.2. The fourth-order valence-electron chi connectivity index (χ4n) is 2.13. The van der Waals surface area contributed by atoms with Crippen LogP contribution in [-0.4, -0.2) is 47.7 Å². The van der Waals surface area contributed by atoms with Gasteiger partial charge in [-0.3, -0.25) is 4.79 Å². The Hall–Kier alpha value is -1.34. The Morgan fingerprint density at radius 1 is 1.41 bits per heavy atom. The van der Waals surface area contributed by atoms with Gasteiger partial charge < -0.3 is 25.2 Å². The Bertz CT molecular complexity index is 394. The summed E-state index contributed by atoms with van der Waals surface area (Å²) in [6.07, 6.45) is -0.358. The van der Waals surface area contributed by atoms with Gasteiger partial charge in [0.05, 0.1) is 12.6 Å². The summed E-state index contributed by atoms with van der Waals surface area (Å²) in [6, 6.07) is -1.16. The van der Waals surface area contributed by atoms with Crippen molar-refractivity contribution in [1.82, 2.24) is 10.6 Å². The van der Waals surface area contributed by atoms with Crippen molar-refractivity contribution in [2.45, 2.75) is 71.4 Å². The zero-order valence-electron chi connectivity index (χ0n) is 14.0. The highest BCUT2D eigenvalue weighted by atomic mass is 16.6. The quantitative estimate of drug-likeness (QED) is 0.707. The summed E-state index contributed by atoms with van der Waals surface area (Å²) >= 11 is 0. The molecule has 1 aliphatic rings. The lowest BCUT2D eigenvalue weighted by Crippen LogP contribution is -2.54. The minimum Gasteiger partial charge on any atom is -0.444 e. The van der Waals surface area contributed by atoms with Crippen LogP contribution >= 0.6 is 0 Å². The first kappa shape index (κ1) is 18.7. The van der Waals surface area contributed by atoms with E-state index >= 15 is 0 Å². The van der Waals surface area contributed by atoms with Gasteiger partial charge in [-0.15, -0.1) is 0 Å². The first-order valence-electron chi connectivity index (χ1n) is 7.73. The molecule has 1 aliphatic heterocycles. The number of alkyl carbamates (subject to hydrolysis) is 1. The van der Waals surface area contributed by atoms with Gasteiger partial charge in [-0.25, -0.2) is 4.79 Å². The number of aliphatic hydroxyl groups excluding tert-OH is 1. The van der Waals surface area contributed by atoms with Crippen molar-refractivity contribution in [2.75, 3.05) is 6.61 Å². The lowest BCUT2D eigenvalue weighted by atomic mass is 9.98. The largest absolute Gasteiger partial charge is 0.444 e. The van der Waals surface area contributed by atoms with Crippen LogP contribution in [0.4, 0.5) is 4.79 Å². The predicted octanol–water partition coefficient (Wildman–Crippen LogP) is 1.15. The van der Waals surface area contributed by atoms with E-state index < -0.39 is 30.1 Å². The van der Waals surface area contributed by atoms with Crippen LogP contribution in [0.25, 0.3) is 0 Å². The van der Waals surface area contributed by atoms with Gasteiger partial charge in [0.1, 0.15) is 11.6 Å². The molecule has 4 atom stereocenters. The lowest BCUT2D eigenvalue weighted by molar-refractivity contribution is -0.128. The summed E-state index contributed by atoms with van der Waals surface area (Å²) in [5.74, 6) is -0.401. The Labute approximate surface area is 131 Å². The van der Waals surface area contributed by atoms with E-state index in [1.165, 1.54) is 0 Å². The van der Waals surface area contributed by atoms with Crippen molar-refractivity contribution >= 4 is 12.0 Å². The third kappa shape index (κ3) is 5.81. The number of aliphatic hydroxyl groups is 1. The first-order valence-corrected chi connectivity index (χ1v) is 7.73. The molecule has 1 fully saturated rings. The molecule has 1 heterocycles. The summed E-state index contributed by atoms with van der Waals surface area (Å²) in [7, 11) is 0. The number of nitrogens with one attached hydrogen (secondary N) is 2. The van der Waals surface area contributed by atoms with E-state index in [-0.39, 0.29) is 11.8 Å². The third-order valence-electron chi connectivity index (χ3n) is 3.56. The topological polar surface area (TPSA) is 96.9 Å². The minimum atomic E-state index is -0.997. The highest BCUT2D eigenvalue weighted by molar-refractivity contribution is 5.86. The fourth-order valence-corrected chi connectivity index (χ4v) is 2.13.